The van der Waals surface area contributed by atoms with E-state index in [1.807, 2.05) is 38.1 Å². The lowest BCUT2D eigenvalue weighted by molar-refractivity contribution is 0.256. The van der Waals surface area contributed by atoms with Crippen LogP contribution in [-0.2, 0) is 5.41 Å². The highest BCUT2D eigenvalue weighted by atomic mass is 16.5. The second-order valence-corrected chi connectivity index (χ2v) is 6.52. The highest BCUT2D eigenvalue weighted by Gasteiger charge is 2.23. The first-order valence-electron chi connectivity index (χ1n) is 8.96. The highest BCUT2D eigenvalue weighted by molar-refractivity contribution is 5.41. The third-order valence-electron chi connectivity index (χ3n) is 4.40. The van der Waals surface area contributed by atoms with Crippen LogP contribution < -0.4 is 4.74 Å². The fourth-order valence-corrected chi connectivity index (χ4v) is 2.37. The number of hydrogen-bond acceptors (Lipinski definition) is 2. The van der Waals surface area contributed by atoms with E-state index in [9.17, 15) is 5.11 Å². The number of aromatic hydroxyl groups is 1. The molecule has 0 heterocycles. The average molecular weight is 328 g/mol. The van der Waals surface area contributed by atoms with Gasteiger partial charge in [0.25, 0.3) is 0 Å². The van der Waals surface area contributed by atoms with E-state index in [0.29, 0.717) is 11.7 Å². The molecule has 1 N–H and O–H groups in total. The Morgan fingerprint density at radius 3 is 1.83 bits per heavy atom. The van der Waals surface area contributed by atoms with E-state index in [1.54, 1.807) is 12.1 Å². The van der Waals surface area contributed by atoms with Gasteiger partial charge in [-0.15, -0.1) is 0 Å². The third-order valence-corrected chi connectivity index (χ3v) is 4.40. The smallest absolute Gasteiger partial charge is 0.119 e. The largest absolute Gasteiger partial charge is 0.508 e. The zero-order valence-corrected chi connectivity index (χ0v) is 16.0. The minimum Gasteiger partial charge on any atom is -0.508 e. The van der Waals surface area contributed by atoms with Gasteiger partial charge in [0.15, 0.2) is 0 Å². The van der Waals surface area contributed by atoms with Crippen LogP contribution in [0.5, 0.6) is 11.5 Å². The minimum absolute atomic E-state index is 0.108. The van der Waals surface area contributed by atoms with E-state index in [0.717, 1.165) is 18.8 Å². The van der Waals surface area contributed by atoms with E-state index in [2.05, 4.69) is 39.8 Å². The maximum Gasteiger partial charge on any atom is 0.119 e. The molecule has 0 radical (unpaired) electrons. The standard InChI is InChI=1S/C20H26O2.C2H6/c1-5-15(2)14-22-19-12-8-17(9-13-19)20(3,4)16-6-10-18(21)11-7-16;1-2/h6-13,15,21H,5,14H2,1-4H3;1-2H3/t15-;/m1./s1. The molecule has 0 unspecified atom stereocenters. The van der Waals surface area contributed by atoms with Crippen molar-refractivity contribution in [1.82, 2.24) is 0 Å². The SMILES string of the molecule is CC.CC[C@@H](C)COc1ccc(C(C)(C)c2ccc(O)cc2)cc1. The van der Waals surface area contributed by atoms with Crippen molar-refractivity contribution in [2.75, 3.05) is 6.61 Å². The molecule has 0 saturated carbocycles. The molecule has 2 rings (SSSR count). The highest BCUT2D eigenvalue weighted by Crippen LogP contribution is 2.33. The molecule has 2 aromatic carbocycles. The first-order chi connectivity index (χ1) is 11.4. The maximum atomic E-state index is 9.44. The van der Waals surface area contributed by atoms with Crippen molar-refractivity contribution in [2.45, 2.75) is 53.4 Å². The number of phenols is 1. The Morgan fingerprint density at radius 1 is 0.917 bits per heavy atom. The quantitative estimate of drug-likeness (QED) is 0.687. The normalized spacial score (nSPS) is 12.1. The maximum absolute atomic E-state index is 9.44. The van der Waals surface area contributed by atoms with Crippen molar-refractivity contribution in [3.63, 3.8) is 0 Å². The Labute approximate surface area is 147 Å². The number of ether oxygens (including phenoxy) is 1. The summed E-state index contributed by atoms with van der Waals surface area (Å²) in [4.78, 5) is 0. The molecule has 0 amide bonds. The van der Waals surface area contributed by atoms with Crippen LogP contribution in [-0.4, -0.2) is 11.7 Å². The van der Waals surface area contributed by atoms with E-state index in [-0.39, 0.29) is 5.41 Å². The summed E-state index contributed by atoms with van der Waals surface area (Å²) in [5.41, 5.74) is 2.30. The molecular formula is C22H32O2. The van der Waals surface area contributed by atoms with Gasteiger partial charge >= 0.3 is 0 Å². The second-order valence-electron chi connectivity index (χ2n) is 6.52. The number of hydrogen-bond donors (Lipinski definition) is 1. The molecule has 24 heavy (non-hydrogen) atoms. The van der Waals surface area contributed by atoms with Crippen LogP contribution in [0.1, 0.15) is 59.1 Å². The van der Waals surface area contributed by atoms with Gasteiger partial charge in [-0.2, -0.15) is 0 Å². The lowest BCUT2D eigenvalue weighted by atomic mass is 9.78. The molecule has 2 heteroatoms. The van der Waals surface area contributed by atoms with Crippen molar-refractivity contribution in [2.24, 2.45) is 5.92 Å². The monoisotopic (exact) mass is 328 g/mol. The van der Waals surface area contributed by atoms with Gasteiger partial charge in [-0.1, -0.05) is 72.2 Å². The van der Waals surface area contributed by atoms with Gasteiger partial charge in [0.05, 0.1) is 6.61 Å². The third kappa shape index (κ3) is 5.30. The fourth-order valence-electron chi connectivity index (χ4n) is 2.37. The van der Waals surface area contributed by atoms with Crippen LogP contribution in [0, 0.1) is 5.92 Å². The summed E-state index contributed by atoms with van der Waals surface area (Å²) in [6.45, 7) is 13.5. The molecule has 0 spiro atoms. The van der Waals surface area contributed by atoms with Gasteiger partial charge in [0.1, 0.15) is 11.5 Å². The van der Waals surface area contributed by atoms with E-state index in [4.69, 9.17) is 4.74 Å². The fraction of sp³-hybridized carbons (Fsp3) is 0.455. The molecule has 0 fully saturated rings. The average Bonchev–Trinajstić information content (AvgIpc) is 2.62. The van der Waals surface area contributed by atoms with Gasteiger partial charge in [-0.05, 0) is 41.3 Å². The molecule has 0 aromatic heterocycles. The minimum atomic E-state index is -0.108. The van der Waals surface area contributed by atoms with Crippen LogP contribution in [0.2, 0.25) is 0 Å². The summed E-state index contributed by atoms with van der Waals surface area (Å²) < 4.78 is 5.81. The number of benzene rings is 2. The summed E-state index contributed by atoms with van der Waals surface area (Å²) in [5, 5.41) is 9.44. The molecular weight excluding hydrogens is 296 g/mol. The summed E-state index contributed by atoms with van der Waals surface area (Å²) in [6.07, 6.45) is 1.13. The lowest BCUT2D eigenvalue weighted by Gasteiger charge is -2.26. The Balaban J connectivity index is 0.00000139. The molecule has 1 atom stereocenters. The van der Waals surface area contributed by atoms with Gasteiger partial charge in [0, 0.05) is 5.41 Å². The molecule has 0 aliphatic carbocycles. The second kappa shape index (κ2) is 9.36. The number of phenolic OH excluding ortho intramolecular Hbond substituents is 1. The topological polar surface area (TPSA) is 29.5 Å². The summed E-state index contributed by atoms with van der Waals surface area (Å²) in [7, 11) is 0. The molecule has 0 aliphatic heterocycles. The van der Waals surface area contributed by atoms with Gasteiger partial charge in [-0.3, -0.25) is 0 Å². The van der Waals surface area contributed by atoms with Crippen molar-refractivity contribution in [3.8, 4) is 11.5 Å². The van der Waals surface area contributed by atoms with Crippen molar-refractivity contribution in [1.29, 1.82) is 0 Å². The Bertz CT molecular complexity index is 582. The Morgan fingerprint density at radius 2 is 1.38 bits per heavy atom. The van der Waals surface area contributed by atoms with Crippen molar-refractivity contribution < 1.29 is 9.84 Å². The molecule has 0 aliphatic rings. The van der Waals surface area contributed by atoms with E-state index in [1.165, 1.54) is 11.1 Å². The van der Waals surface area contributed by atoms with Crippen LogP contribution >= 0.6 is 0 Å². The zero-order chi connectivity index (χ0) is 18.2. The van der Waals surface area contributed by atoms with E-state index >= 15 is 0 Å². The summed E-state index contributed by atoms with van der Waals surface area (Å²) in [5.74, 6) is 1.80. The summed E-state index contributed by atoms with van der Waals surface area (Å²) in [6, 6.07) is 15.8. The van der Waals surface area contributed by atoms with Gasteiger partial charge in [-0.25, -0.2) is 0 Å². The molecule has 0 bridgehead atoms. The number of rotatable bonds is 6. The van der Waals surface area contributed by atoms with E-state index < -0.39 is 0 Å². The summed E-state index contributed by atoms with van der Waals surface area (Å²) >= 11 is 0. The lowest BCUT2D eigenvalue weighted by Crippen LogP contribution is -2.18. The van der Waals surface area contributed by atoms with Crippen LogP contribution in [0.3, 0.4) is 0 Å². The van der Waals surface area contributed by atoms with Crippen molar-refractivity contribution >= 4 is 0 Å². The van der Waals surface area contributed by atoms with Gasteiger partial charge < -0.3 is 9.84 Å². The first-order valence-corrected chi connectivity index (χ1v) is 8.96. The predicted octanol–water partition coefficient (Wildman–Crippen LogP) is 6.17. The molecule has 132 valence electrons. The Kier molecular flexibility index (Phi) is 7.84. The van der Waals surface area contributed by atoms with Crippen LogP contribution in [0.4, 0.5) is 0 Å². The zero-order valence-electron chi connectivity index (χ0n) is 16.0. The first kappa shape index (κ1) is 20.1. The molecule has 2 aromatic rings. The Hall–Kier alpha value is -1.96. The van der Waals surface area contributed by atoms with Crippen LogP contribution in [0.15, 0.2) is 48.5 Å². The predicted molar refractivity (Wildman–Crippen MR) is 103 cm³/mol. The van der Waals surface area contributed by atoms with Crippen molar-refractivity contribution in [3.05, 3.63) is 59.7 Å². The molecule has 0 saturated heterocycles. The molecule has 2 nitrogen and oxygen atoms in total. The van der Waals surface area contributed by atoms with Gasteiger partial charge in [0.2, 0.25) is 0 Å². The van der Waals surface area contributed by atoms with Crippen LogP contribution in [0.25, 0.3) is 0 Å².